The number of aliphatic imine (C=N–C) groups is 1. The number of nitrogens with one attached hydrogen (secondary N) is 1. The van der Waals surface area contributed by atoms with E-state index < -0.39 is 0 Å². The maximum Gasteiger partial charge on any atom is 0.225 e. The van der Waals surface area contributed by atoms with Crippen molar-refractivity contribution in [3.63, 3.8) is 0 Å². The number of benzene rings is 1. The Kier molecular flexibility index (Phi) is 6.35. The van der Waals surface area contributed by atoms with E-state index in [2.05, 4.69) is 32.0 Å². The van der Waals surface area contributed by atoms with Gasteiger partial charge in [-0.15, -0.1) is 0 Å². The third kappa shape index (κ3) is 4.91. The van der Waals surface area contributed by atoms with Crippen molar-refractivity contribution >= 4 is 11.9 Å². The summed E-state index contributed by atoms with van der Waals surface area (Å²) in [5.41, 5.74) is 1.09. The van der Waals surface area contributed by atoms with Gasteiger partial charge in [-0.05, 0) is 37.1 Å². The second kappa shape index (κ2) is 9.12. The summed E-state index contributed by atoms with van der Waals surface area (Å²) in [5, 5.41) is 3.37. The summed E-state index contributed by atoms with van der Waals surface area (Å²) in [5.74, 6) is 1.51. The van der Waals surface area contributed by atoms with Crippen molar-refractivity contribution in [2.45, 2.75) is 13.3 Å². The third-order valence-corrected chi connectivity index (χ3v) is 4.32. The quantitative estimate of drug-likeness (QED) is 0.655. The Labute approximate surface area is 153 Å². The molecule has 1 aromatic heterocycles. The molecule has 0 spiro atoms. The number of hydrogen-bond donors (Lipinski definition) is 1. The van der Waals surface area contributed by atoms with E-state index in [1.165, 1.54) is 12.1 Å². The van der Waals surface area contributed by atoms with Gasteiger partial charge in [-0.1, -0.05) is 12.1 Å². The Morgan fingerprint density at radius 2 is 1.81 bits per heavy atom. The molecule has 0 radical (unpaired) electrons. The predicted octanol–water partition coefficient (Wildman–Crippen LogP) is 1.95. The van der Waals surface area contributed by atoms with Crippen LogP contribution >= 0.6 is 0 Å². The van der Waals surface area contributed by atoms with Gasteiger partial charge in [0.2, 0.25) is 5.95 Å². The maximum atomic E-state index is 13.0. The number of nitrogens with zero attached hydrogens (tertiary/aromatic N) is 5. The van der Waals surface area contributed by atoms with E-state index in [0.29, 0.717) is 6.54 Å². The molecule has 0 aliphatic carbocycles. The zero-order valence-electron chi connectivity index (χ0n) is 15.1. The van der Waals surface area contributed by atoms with E-state index in [9.17, 15) is 4.39 Å². The van der Waals surface area contributed by atoms with Crippen LogP contribution in [0.3, 0.4) is 0 Å². The first-order valence-corrected chi connectivity index (χ1v) is 9.06. The van der Waals surface area contributed by atoms with Crippen LogP contribution in [0.1, 0.15) is 12.5 Å². The van der Waals surface area contributed by atoms with Crippen LogP contribution in [0.5, 0.6) is 0 Å². The molecule has 2 aromatic rings. The molecular weight excluding hydrogens is 331 g/mol. The third-order valence-electron chi connectivity index (χ3n) is 4.32. The highest BCUT2D eigenvalue weighted by Crippen LogP contribution is 2.10. The zero-order valence-corrected chi connectivity index (χ0v) is 15.1. The average Bonchev–Trinajstić information content (AvgIpc) is 2.70. The smallest absolute Gasteiger partial charge is 0.225 e. The molecule has 7 heteroatoms. The fraction of sp³-hybridized carbons (Fsp3) is 0.421. The normalized spacial score (nSPS) is 15.2. The topological polar surface area (TPSA) is 56.7 Å². The van der Waals surface area contributed by atoms with Crippen LogP contribution in [0, 0.1) is 5.82 Å². The molecule has 0 unspecified atom stereocenters. The minimum absolute atomic E-state index is 0.203. The van der Waals surface area contributed by atoms with E-state index in [1.54, 1.807) is 12.4 Å². The molecule has 138 valence electrons. The average molecular weight is 356 g/mol. The number of guanidine groups is 1. The number of hydrogen-bond acceptors (Lipinski definition) is 4. The molecule has 0 saturated carbocycles. The summed E-state index contributed by atoms with van der Waals surface area (Å²) in [6.07, 6.45) is 4.35. The van der Waals surface area contributed by atoms with Crippen molar-refractivity contribution in [1.29, 1.82) is 0 Å². The fourth-order valence-electron chi connectivity index (χ4n) is 2.94. The first-order valence-electron chi connectivity index (χ1n) is 9.06. The number of halogens is 1. The first-order chi connectivity index (χ1) is 12.8. The summed E-state index contributed by atoms with van der Waals surface area (Å²) in [6.45, 7) is 7.07. The van der Waals surface area contributed by atoms with Crippen LogP contribution in [0.4, 0.5) is 10.3 Å². The van der Waals surface area contributed by atoms with Gasteiger partial charge in [-0.25, -0.2) is 14.4 Å². The van der Waals surface area contributed by atoms with Crippen LogP contribution in [-0.4, -0.2) is 60.1 Å². The molecule has 1 saturated heterocycles. The Morgan fingerprint density at radius 3 is 2.46 bits per heavy atom. The fourth-order valence-corrected chi connectivity index (χ4v) is 2.94. The van der Waals surface area contributed by atoms with Crippen molar-refractivity contribution < 1.29 is 4.39 Å². The molecule has 0 bridgehead atoms. The summed E-state index contributed by atoms with van der Waals surface area (Å²) in [7, 11) is 0. The molecule has 1 aromatic carbocycles. The van der Waals surface area contributed by atoms with Crippen LogP contribution in [0.25, 0.3) is 0 Å². The molecule has 2 heterocycles. The van der Waals surface area contributed by atoms with Gasteiger partial charge < -0.3 is 15.1 Å². The monoisotopic (exact) mass is 356 g/mol. The molecule has 1 N–H and O–H groups in total. The Bertz CT molecular complexity index is 696. The van der Waals surface area contributed by atoms with Crippen molar-refractivity contribution in [3.05, 3.63) is 54.1 Å². The lowest BCUT2D eigenvalue weighted by Gasteiger charge is -2.36. The van der Waals surface area contributed by atoms with Gasteiger partial charge in [0.25, 0.3) is 0 Å². The van der Waals surface area contributed by atoms with Gasteiger partial charge in [0.15, 0.2) is 5.96 Å². The lowest BCUT2D eigenvalue weighted by Crippen LogP contribution is -2.53. The minimum Gasteiger partial charge on any atom is -0.357 e. The van der Waals surface area contributed by atoms with Crippen molar-refractivity contribution in [1.82, 2.24) is 20.2 Å². The summed E-state index contributed by atoms with van der Waals surface area (Å²) < 4.78 is 13.0. The van der Waals surface area contributed by atoms with Gasteiger partial charge in [0.1, 0.15) is 5.82 Å². The van der Waals surface area contributed by atoms with E-state index >= 15 is 0 Å². The van der Waals surface area contributed by atoms with Crippen LogP contribution in [0.2, 0.25) is 0 Å². The number of aromatic nitrogens is 2. The van der Waals surface area contributed by atoms with Crippen molar-refractivity contribution in [3.8, 4) is 0 Å². The molecule has 26 heavy (non-hydrogen) atoms. The van der Waals surface area contributed by atoms with Gasteiger partial charge >= 0.3 is 0 Å². The Hall–Kier alpha value is -2.70. The molecule has 6 nitrogen and oxygen atoms in total. The molecule has 0 amide bonds. The van der Waals surface area contributed by atoms with Crippen LogP contribution in [-0.2, 0) is 6.42 Å². The highest BCUT2D eigenvalue weighted by Gasteiger charge is 2.20. The summed E-state index contributed by atoms with van der Waals surface area (Å²) >= 11 is 0. The minimum atomic E-state index is -0.203. The second-order valence-corrected chi connectivity index (χ2v) is 6.14. The van der Waals surface area contributed by atoms with E-state index in [1.807, 2.05) is 18.2 Å². The number of anilines is 1. The summed E-state index contributed by atoms with van der Waals surface area (Å²) in [6, 6.07) is 8.45. The van der Waals surface area contributed by atoms with Crippen LogP contribution < -0.4 is 10.2 Å². The SMILES string of the molecule is CCNC(=NCCc1ccc(F)cc1)N1CCN(c2ncccn2)CC1. The lowest BCUT2D eigenvalue weighted by atomic mass is 10.1. The maximum absolute atomic E-state index is 13.0. The lowest BCUT2D eigenvalue weighted by molar-refractivity contribution is 0.370. The standard InChI is InChI=1S/C19H25FN6/c1-2-21-18(24-11-8-16-4-6-17(20)7-5-16)25-12-14-26(15-13-25)19-22-9-3-10-23-19/h3-7,9-10H,2,8,11-15H2,1H3,(H,21,24). The Balaban J connectivity index is 1.55. The molecule has 1 aliphatic rings. The molecule has 3 rings (SSSR count). The number of rotatable bonds is 5. The second-order valence-electron chi connectivity index (χ2n) is 6.14. The van der Waals surface area contributed by atoms with Gasteiger partial charge in [0.05, 0.1) is 0 Å². The predicted molar refractivity (Wildman–Crippen MR) is 102 cm³/mol. The largest absolute Gasteiger partial charge is 0.357 e. The molecular formula is C19H25FN6. The number of piperazine rings is 1. The van der Waals surface area contributed by atoms with E-state index in [-0.39, 0.29) is 5.82 Å². The highest BCUT2D eigenvalue weighted by molar-refractivity contribution is 5.80. The highest BCUT2D eigenvalue weighted by atomic mass is 19.1. The van der Waals surface area contributed by atoms with Crippen molar-refractivity contribution in [2.75, 3.05) is 44.2 Å². The van der Waals surface area contributed by atoms with Crippen molar-refractivity contribution in [2.24, 2.45) is 4.99 Å². The van der Waals surface area contributed by atoms with Crippen LogP contribution in [0.15, 0.2) is 47.7 Å². The van der Waals surface area contributed by atoms with Gasteiger partial charge in [-0.2, -0.15) is 0 Å². The van der Waals surface area contributed by atoms with E-state index in [4.69, 9.17) is 4.99 Å². The zero-order chi connectivity index (χ0) is 18.2. The Morgan fingerprint density at radius 1 is 1.12 bits per heavy atom. The first kappa shape index (κ1) is 18.1. The molecule has 1 aliphatic heterocycles. The molecule has 1 fully saturated rings. The van der Waals surface area contributed by atoms with Gasteiger partial charge in [0, 0.05) is 51.7 Å². The van der Waals surface area contributed by atoms with E-state index in [0.717, 1.165) is 56.6 Å². The molecule has 0 atom stereocenters. The summed E-state index contributed by atoms with van der Waals surface area (Å²) in [4.78, 5) is 17.8. The van der Waals surface area contributed by atoms with Gasteiger partial charge in [-0.3, -0.25) is 4.99 Å².